The third kappa shape index (κ3) is 17.4. The average molecular weight is 350 g/mol. The molecule has 0 aliphatic carbocycles. The molecule has 0 radical (unpaired) electrons. The van der Waals surface area contributed by atoms with Gasteiger partial charge in [0.25, 0.3) is 0 Å². The molecule has 0 rings (SSSR count). The summed E-state index contributed by atoms with van der Waals surface area (Å²) in [4.78, 5) is 4.31. The van der Waals surface area contributed by atoms with Gasteiger partial charge in [0.1, 0.15) is 0 Å². The van der Waals surface area contributed by atoms with Gasteiger partial charge in [-0.2, -0.15) is 8.42 Å². The van der Waals surface area contributed by atoms with Crippen molar-refractivity contribution in [3.8, 4) is 12.0 Å². The van der Waals surface area contributed by atoms with E-state index in [0.717, 1.165) is 12.8 Å². The maximum Gasteiger partial charge on any atom is 0.436 e. The van der Waals surface area contributed by atoms with Crippen LogP contribution in [0.2, 0.25) is 0 Å². The monoisotopic (exact) mass is 350 g/mol. The van der Waals surface area contributed by atoms with Crippen LogP contribution in [0.4, 0.5) is 0 Å². The maximum atomic E-state index is 11.2. The van der Waals surface area contributed by atoms with Crippen molar-refractivity contribution in [2.75, 3.05) is 19.8 Å². The molecule has 23 heavy (non-hydrogen) atoms. The van der Waals surface area contributed by atoms with Crippen molar-refractivity contribution >= 4 is 10.4 Å². The number of rotatable bonds is 15. The van der Waals surface area contributed by atoms with Crippen molar-refractivity contribution in [1.82, 2.24) is 0 Å². The lowest BCUT2D eigenvalue weighted by atomic mass is 10.1. The molecular weight excluding hydrogens is 320 g/mol. The summed E-state index contributed by atoms with van der Waals surface area (Å²) in [6.45, 7) is 4.55. The van der Waals surface area contributed by atoms with E-state index < -0.39 is 10.4 Å². The molecule has 0 aliphatic rings. The van der Waals surface area contributed by atoms with Crippen molar-refractivity contribution in [2.45, 2.75) is 71.6 Å². The van der Waals surface area contributed by atoms with E-state index in [9.17, 15) is 8.42 Å². The molecule has 6 nitrogen and oxygen atoms in total. The smallest absolute Gasteiger partial charge is 0.379 e. The van der Waals surface area contributed by atoms with Crippen LogP contribution in [0, 0.1) is 12.0 Å². The van der Waals surface area contributed by atoms with E-state index in [-0.39, 0.29) is 13.2 Å². The zero-order valence-electron chi connectivity index (χ0n) is 14.3. The topological polar surface area (TPSA) is 71.1 Å². The summed E-state index contributed by atoms with van der Waals surface area (Å²) in [7, 11) is -4.18. The molecule has 7 heteroatoms. The maximum absolute atomic E-state index is 11.2. The van der Waals surface area contributed by atoms with E-state index in [0.29, 0.717) is 13.0 Å². The average Bonchev–Trinajstić information content (AvgIpc) is 2.52. The van der Waals surface area contributed by atoms with Crippen molar-refractivity contribution in [3.63, 3.8) is 0 Å². The molecule has 0 N–H and O–H groups in total. The van der Waals surface area contributed by atoms with Gasteiger partial charge < -0.3 is 4.74 Å². The van der Waals surface area contributed by atoms with Gasteiger partial charge in [-0.05, 0) is 17.7 Å². The highest BCUT2D eigenvalue weighted by molar-refractivity contribution is 7.81. The second-order valence-corrected chi connectivity index (χ2v) is 6.27. The van der Waals surface area contributed by atoms with Gasteiger partial charge in [-0.15, -0.1) is 0 Å². The van der Waals surface area contributed by atoms with Gasteiger partial charge >= 0.3 is 10.4 Å². The van der Waals surface area contributed by atoms with Crippen LogP contribution in [-0.2, 0) is 28.5 Å². The second kappa shape index (κ2) is 16.1. The van der Waals surface area contributed by atoms with Crippen molar-refractivity contribution < 1.29 is 26.6 Å². The van der Waals surface area contributed by atoms with Gasteiger partial charge in [0.05, 0.1) is 13.2 Å². The van der Waals surface area contributed by atoms with Gasteiger partial charge in [0, 0.05) is 13.0 Å². The molecule has 0 aliphatic heterocycles. The Balaban J connectivity index is 3.47. The highest BCUT2D eigenvalue weighted by Gasteiger charge is 2.12. The van der Waals surface area contributed by atoms with Crippen LogP contribution in [0.3, 0.4) is 0 Å². The van der Waals surface area contributed by atoms with Crippen LogP contribution in [0.1, 0.15) is 71.6 Å². The highest BCUT2D eigenvalue weighted by atomic mass is 32.3. The molecule has 0 bridgehead atoms. The minimum absolute atomic E-state index is 0.120. The first-order valence-electron chi connectivity index (χ1n) is 8.42. The first-order chi connectivity index (χ1) is 11.1. The Morgan fingerprint density at radius 1 is 0.870 bits per heavy atom. The molecule has 0 saturated heterocycles. The predicted molar refractivity (Wildman–Crippen MR) is 88.5 cm³/mol. The van der Waals surface area contributed by atoms with Crippen LogP contribution in [0.25, 0.3) is 0 Å². The first-order valence-corrected chi connectivity index (χ1v) is 9.75. The molecule has 0 fully saturated rings. The largest absolute Gasteiger partial charge is 0.436 e. The summed E-state index contributed by atoms with van der Waals surface area (Å²) in [5.74, 6) is 2.70. The molecule has 0 saturated carbocycles. The van der Waals surface area contributed by atoms with Crippen LogP contribution in [-0.4, -0.2) is 28.2 Å². The SMILES string of the molecule is CCCCCCCCCCC#COOS(=O)(=O)OCCOCC. The fraction of sp³-hybridized carbons (Fsp3) is 0.875. The lowest BCUT2D eigenvalue weighted by molar-refractivity contribution is -0.139. The van der Waals surface area contributed by atoms with Crippen LogP contribution < -0.4 is 0 Å². The van der Waals surface area contributed by atoms with Gasteiger partial charge in [-0.3, -0.25) is 4.89 Å². The van der Waals surface area contributed by atoms with Crippen LogP contribution >= 0.6 is 0 Å². The number of unbranched alkanes of at least 4 members (excludes halogenated alkanes) is 8. The predicted octanol–water partition coefficient (Wildman–Crippen LogP) is 3.72. The molecule has 0 aromatic heterocycles. The zero-order valence-corrected chi connectivity index (χ0v) is 15.2. The van der Waals surface area contributed by atoms with Crippen LogP contribution in [0.15, 0.2) is 0 Å². The van der Waals surface area contributed by atoms with Crippen molar-refractivity contribution in [1.29, 1.82) is 0 Å². The number of hydrogen-bond acceptors (Lipinski definition) is 6. The third-order valence-corrected chi connectivity index (χ3v) is 3.74. The Morgan fingerprint density at radius 3 is 2.17 bits per heavy atom. The molecule has 0 unspecified atom stereocenters. The molecule has 0 amide bonds. The molecular formula is C16H30O6S. The molecule has 136 valence electrons. The fourth-order valence-corrected chi connectivity index (χ4v) is 2.27. The molecule has 0 aromatic carbocycles. The Labute approximate surface area is 141 Å². The minimum atomic E-state index is -4.18. The normalized spacial score (nSPS) is 11.0. The van der Waals surface area contributed by atoms with E-state index in [2.05, 4.69) is 32.4 Å². The lowest BCUT2D eigenvalue weighted by Crippen LogP contribution is -2.13. The quantitative estimate of drug-likeness (QED) is 0.194. The minimum Gasteiger partial charge on any atom is -0.379 e. The standard InChI is InChI=1S/C16H30O6S/c1-3-5-6-7-8-9-10-11-12-13-14-20-22-23(17,18)21-16-15-19-4-2/h3-12,15-16H2,1-2H3. The zero-order chi connectivity index (χ0) is 17.2. The van der Waals surface area contributed by atoms with Crippen molar-refractivity contribution in [2.24, 2.45) is 0 Å². The lowest BCUT2D eigenvalue weighted by Gasteiger charge is -2.02. The Kier molecular flexibility index (Phi) is 15.5. The van der Waals surface area contributed by atoms with E-state index in [4.69, 9.17) is 4.74 Å². The molecule has 0 atom stereocenters. The van der Waals surface area contributed by atoms with Gasteiger partial charge in [0.15, 0.2) is 6.11 Å². The molecule has 0 spiro atoms. The van der Waals surface area contributed by atoms with Gasteiger partial charge in [-0.1, -0.05) is 57.8 Å². The summed E-state index contributed by atoms with van der Waals surface area (Å²) in [5, 5.41) is 0. The van der Waals surface area contributed by atoms with Crippen LogP contribution in [0.5, 0.6) is 0 Å². The van der Waals surface area contributed by atoms with E-state index in [1.54, 1.807) is 6.92 Å². The third-order valence-electron chi connectivity index (χ3n) is 3.05. The number of hydrogen-bond donors (Lipinski definition) is 0. The first kappa shape index (κ1) is 22.2. The van der Waals surface area contributed by atoms with E-state index in [1.807, 2.05) is 0 Å². The second-order valence-electron chi connectivity index (χ2n) is 5.08. The molecule has 0 heterocycles. The van der Waals surface area contributed by atoms with Gasteiger partial charge in [-0.25, -0.2) is 4.18 Å². The Hall–Kier alpha value is -0.810. The Morgan fingerprint density at radius 2 is 1.52 bits per heavy atom. The summed E-state index contributed by atoms with van der Waals surface area (Å²) < 4.78 is 35.9. The summed E-state index contributed by atoms with van der Waals surface area (Å²) in [5.41, 5.74) is 0. The number of ether oxygens (including phenoxy) is 1. The van der Waals surface area contributed by atoms with Gasteiger partial charge in [0.2, 0.25) is 0 Å². The van der Waals surface area contributed by atoms with E-state index >= 15 is 0 Å². The summed E-state index contributed by atoms with van der Waals surface area (Å²) in [6.07, 6.45) is 12.7. The highest BCUT2D eigenvalue weighted by Crippen LogP contribution is 2.09. The van der Waals surface area contributed by atoms with E-state index in [1.165, 1.54) is 38.5 Å². The summed E-state index contributed by atoms with van der Waals surface area (Å²) in [6, 6.07) is 0. The molecule has 0 aromatic rings. The fourth-order valence-electron chi connectivity index (χ4n) is 1.85. The Bertz CT molecular complexity index is 410. The van der Waals surface area contributed by atoms with Crippen molar-refractivity contribution in [3.05, 3.63) is 0 Å². The summed E-state index contributed by atoms with van der Waals surface area (Å²) >= 11 is 0.